The topological polar surface area (TPSA) is 34.1 Å². The summed E-state index contributed by atoms with van der Waals surface area (Å²) in [5, 5.41) is 1.15. The highest BCUT2D eigenvalue weighted by atomic mass is 32.2. The van der Waals surface area contributed by atoms with Gasteiger partial charge in [-0.1, -0.05) is 54.6 Å². The lowest BCUT2D eigenvalue weighted by Gasteiger charge is -2.22. The average Bonchev–Trinajstić information content (AvgIpc) is 2.58. The minimum atomic E-state index is -3.73. The summed E-state index contributed by atoms with van der Waals surface area (Å²) in [5.74, 6) is -0.505. The lowest BCUT2D eigenvalue weighted by atomic mass is 9.93. The molecule has 0 spiro atoms. The van der Waals surface area contributed by atoms with E-state index in [0.717, 1.165) is 21.9 Å². The molecule has 1 aliphatic carbocycles. The fourth-order valence-corrected chi connectivity index (χ4v) is 5.26. The zero-order valence-electron chi connectivity index (χ0n) is 13.0. The fraction of sp³-hybridized carbons (Fsp3) is 0.100. The highest BCUT2D eigenvalue weighted by Crippen LogP contribution is 2.40. The van der Waals surface area contributed by atoms with E-state index in [0.29, 0.717) is 0 Å². The Bertz CT molecular complexity index is 1090. The van der Waals surface area contributed by atoms with Gasteiger partial charge in [0.2, 0.25) is 0 Å². The molecule has 120 valence electrons. The molecule has 2 nitrogen and oxygen atoms in total. The molecule has 0 amide bonds. The largest absolute Gasteiger partial charge is 0.223 e. The Kier molecular flexibility index (Phi) is 3.32. The normalized spacial score (nSPS) is 16.5. The fourth-order valence-electron chi connectivity index (χ4n) is 3.37. The minimum absolute atomic E-state index is 0.0496. The molecule has 0 fully saturated rings. The van der Waals surface area contributed by atoms with Crippen molar-refractivity contribution in [2.24, 2.45) is 0 Å². The number of halogens is 1. The Hall–Kier alpha value is -2.46. The predicted octanol–water partition coefficient (Wildman–Crippen LogP) is 4.83. The van der Waals surface area contributed by atoms with Gasteiger partial charge in [-0.15, -0.1) is 0 Å². The molecule has 0 radical (unpaired) electrons. The van der Waals surface area contributed by atoms with Crippen LogP contribution in [0.25, 0.3) is 16.8 Å². The van der Waals surface area contributed by atoms with Crippen molar-refractivity contribution in [2.75, 3.05) is 0 Å². The first-order valence-corrected chi connectivity index (χ1v) is 9.23. The van der Waals surface area contributed by atoms with Crippen LogP contribution < -0.4 is 0 Å². The standard InChI is InChI=1S/C20H15FO2S/c1-13-17(21)9-4-10-18(13)24(22,23)19-12-11-15-6-2-5-14-7-3-8-16(19)20(14)15/h2-12,19H,1H3. The number of hydrogen-bond donors (Lipinski definition) is 0. The molecule has 4 heteroatoms. The maximum Gasteiger partial charge on any atom is 0.189 e. The van der Waals surface area contributed by atoms with Crippen LogP contribution in [-0.2, 0) is 9.84 Å². The van der Waals surface area contributed by atoms with Gasteiger partial charge in [-0.3, -0.25) is 0 Å². The van der Waals surface area contributed by atoms with Gasteiger partial charge in [0.1, 0.15) is 11.1 Å². The maximum absolute atomic E-state index is 13.9. The zero-order valence-corrected chi connectivity index (χ0v) is 13.8. The molecule has 4 rings (SSSR count). The van der Waals surface area contributed by atoms with Gasteiger partial charge in [-0.2, -0.15) is 0 Å². The van der Waals surface area contributed by atoms with E-state index >= 15 is 0 Å². The highest BCUT2D eigenvalue weighted by Gasteiger charge is 2.32. The summed E-state index contributed by atoms with van der Waals surface area (Å²) in [4.78, 5) is 0.0496. The molecular weight excluding hydrogens is 323 g/mol. The second kappa shape index (κ2) is 5.28. The van der Waals surface area contributed by atoms with E-state index in [-0.39, 0.29) is 10.5 Å². The average molecular weight is 338 g/mol. The van der Waals surface area contributed by atoms with Crippen molar-refractivity contribution in [1.29, 1.82) is 0 Å². The summed E-state index contributed by atoms with van der Waals surface area (Å²) in [6.07, 6.45) is 3.53. The summed E-state index contributed by atoms with van der Waals surface area (Å²) in [6, 6.07) is 15.8. The van der Waals surface area contributed by atoms with Crippen molar-refractivity contribution in [2.45, 2.75) is 17.1 Å². The first-order chi connectivity index (χ1) is 11.5. The molecule has 1 unspecified atom stereocenters. The Balaban J connectivity index is 1.97. The Morgan fingerprint density at radius 1 is 0.958 bits per heavy atom. The van der Waals surface area contributed by atoms with Crippen molar-refractivity contribution >= 4 is 26.7 Å². The SMILES string of the molecule is Cc1c(F)cccc1S(=O)(=O)C1C=Cc2cccc3cccc1c23. The van der Waals surface area contributed by atoms with E-state index in [1.807, 2.05) is 42.5 Å². The number of hydrogen-bond acceptors (Lipinski definition) is 2. The van der Waals surface area contributed by atoms with Crippen LogP contribution in [-0.4, -0.2) is 8.42 Å². The molecule has 0 N–H and O–H groups in total. The summed E-state index contributed by atoms with van der Waals surface area (Å²) in [6.45, 7) is 1.50. The molecule has 1 atom stereocenters. The third kappa shape index (κ3) is 2.10. The Labute approximate surface area is 140 Å². The second-order valence-corrected chi connectivity index (χ2v) is 8.02. The van der Waals surface area contributed by atoms with Gasteiger partial charge >= 0.3 is 0 Å². The smallest absolute Gasteiger partial charge is 0.189 e. The first-order valence-electron chi connectivity index (χ1n) is 7.69. The summed E-state index contributed by atoms with van der Waals surface area (Å²) >= 11 is 0. The van der Waals surface area contributed by atoms with E-state index in [9.17, 15) is 12.8 Å². The number of benzene rings is 3. The van der Waals surface area contributed by atoms with Crippen molar-refractivity contribution in [1.82, 2.24) is 0 Å². The van der Waals surface area contributed by atoms with E-state index in [1.165, 1.54) is 25.1 Å². The molecule has 3 aromatic carbocycles. The molecule has 0 aromatic heterocycles. The first kappa shape index (κ1) is 15.1. The van der Waals surface area contributed by atoms with Crippen LogP contribution >= 0.6 is 0 Å². The second-order valence-electron chi connectivity index (χ2n) is 5.98. The van der Waals surface area contributed by atoms with Gasteiger partial charge in [-0.25, -0.2) is 12.8 Å². The van der Waals surface area contributed by atoms with Gasteiger partial charge in [0.05, 0.1) is 4.90 Å². The quantitative estimate of drug-likeness (QED) is 0.671. The molecule has 0 aliphatic heterocycles. The molecule has 1 aliphatic rings. The van der Waals surface area contributed by atoms with Gasteiger partial charge in [0.15, 0.2) is 9.84 Å². The third-order valence-corrected chi connectivity index (χ3v) is 6.72. The molecule has 0 heterocycles. The van der Waals surface area contributed by atoms with Crippen LogP contribution in [0.3, 0.4) is 0 Å². The third-order valence-electron chi connectivity index (χ3n) is 4.59. The molecule has 0 bridgehead atoms. The van der Waals surface area contributed by atoms with Gasteiger partial charge in [0, 0.05) is 5.56 Å². The molecular formula is C20H15FO2S. The predicted molar refractivity (Wildman–Crippen MR) is 94.0 cm³/mol. The lowest BCUT2D eigenvalue weighted by molar-refractivity contribution is 0.582. The van der Waals surface area contributed by atoms with E-state index < -0.39 is 20.9 Å². The summed E-state index contributed by atoms with van der Waals surface area (Å²) in [7, 11) is -3.73. The molecule has 0 saturated carbocycles. The van der Waals surface area contributed by atoms with E-state index in [4.69, 9.17) is 0 Å². The van der Waals surface area contributed by atoms with Gasteiger partial charge in [0.25, 0.3) is 0 Å². The van der Waals surface area contributed by atoms with Gasteiger partial charge in [-0.05, 0) is 41.0 Å². The monoisotopic (exact) mass is 338 g/mol. The number of sulfone groups is 1. The van der Waals surface area contributed by atoms with Crippen LogP contribution in [0.1, 0.15) is 21.9 Å². The summed E-state index contributed by atoms with van der Waals surface area (Å²) in [5.41, 5.74) is 1.91. The van der Waals surface area contributed by atoms with Crippen LogP contribution in [0.5, 0.6) is 0 Å². The Morgan fingerprint density at radius 2 is 1.67 bits per heavy atom. The van der Waals surface area contributed by atoms with Crippen LogP contribution in [0.4, 0.5) is 4.39 Å². The molecule has 0 saturated heterocycles. The van der Waals surface area contributed by atoms with Crippen molar-refractivity contribution in [3.63, 3.8) is 0 Å². The maximum atomic E-state index is 13.9. The van der Waals surface area contributed by atoms with E-state index in [1.54, 1.807) is 6.08 Å². The van der Waals surface area contributed by atoms with Crippen LogP contribution in [0.2, 0.25) is 0 Å². The van der Waals surface area contributed by atoms with E-state index in [2.05, 4.69) is 0 Å². The number of rotatable bonds is 2. The van der Waals surface area contributed by atoms with Gasteiger partial charge < -0.3 is 0 Å². The highest BCUT2D eigenvalue weighted by molar-refractivity contribution is 7.92. The zero-order chi connectivity index (χ0) is 16.9. The van der Waals surface area contributed by atoms with Crippen molar-refractivity contribution < 1.29 is 12.8 Å². The molecule has 3 aromatic rings. The lowest BCUT2D eigenvalue weighted by Crippen LogP contribution is -2.15. The molecule has 24 heavy (non-hydrogen) atoms. The van der Waals surface area contributed by atoms with Crippen molar-refractivity contribution in [3.8, 4) is 0 Å². The van der Waals surface area contributed by atoms with Crippen LogP contribution in [0, 0.1) is 12.7 Å². The van der Waals surface area contributed by atoms with Crippen LogP contribution in [0.15, 0.2) is 65.6 Å². The summed E-state index contributed by atoms with van der Waals surface area (Å²) < 4.78 is 40.2. The minimum Gasteiger partial charge on any atom is -0.223 e. The Morgan fingerprint density at radius 3 is 2.46 bits per heavy atom. The van der Waals surface area contributed by atoms with Crippen molar-refractivity contribution in [3.05, 3.63) is 83.2 Å².